The number of nitriles is 1. The van der Waals surface area contributed by atoms with Crippen molar-refractivity contribution in [2.24, 2.45) is 0 Å². The molecule has 0 fully saturated rings. The SMILES string of the molecule is N#Cc1ccc(C#Cc2ccccc2F)cc1. The molecule has 0 atom stereocenters. The molecule has 0 aliphatic heterocycles. The van der Waals surface area contributed by atoms with Crippen LogP contribution in [-0.4, -0.2) is 0 Å². The van der Waals surface area contributed by atoms with Gasteiger partial charge in [-0.25, -0.2) is 4.39 Å². The van der Waals surface area contributed by atoms with Gasteiger partial charge in [0.25, 0.3) is 0 Å². The van der Waals surface area contributed by atoms with E-state index in [4.69, 9.17) is 5.26 Å². The Morgan fingerprint density at radius 2 is 1.47 bits per heavy atom. The number of nitrogens with zero attached hydrogens (tertiary/aromatic N) is 1. The number of halogens is 1. The fourth-order valence-electron chi connectivity index (χ4n) is 1.33. The van der Waals surface area contributed by atoms with Crippen LogP contribution in [0.5, 0.6) is 0 Å². The molecule has 17 heavy (non-hydrogen) atoms. The van der Waals surface area contributed by atoms with E-state index >= 15 is 0 Å². The van der Waals surface area contributed by atoms with Gasteiger partial charge in [-0.2, -0.15) is 5.26 Å². The van der Waals surface area contributed by atoms with E-state index in [1.54, 1.807) is 42.5 Å². The summed E-state index contributed by atoms with van der Waals surface area (Å²) in [4.78, 5) is 0. The Labute approximate surface area is 99.1 Å². The Morgan fingerprint density at radius 3 is 2.12 bits per heavy atom. The summed E-state index contributed by atoms with van der Waals surface area (Å²) < 4.78 is 13.3. The number of hydrogen-bond acceptors (Lipinski definition) is 1. The van der Waals surface area contributed by atoms with Crippen LogP contribution in [0.3, 0.4) is 0 Å². The molecule has 0 saturated heterocycles. The minimum atomic E-state index is -0.325. The Balaban J connectivity index is 2.28. The van der Waals surface area contributed by atoms with Crippen molar-refractivity contribution < 1.29 is 4.39 Å². The zero-order chi connectivity index (χ0) is 12.1. The Bertz CT molecular complexity index is 624. The van der Waals surface area contributed by atoms with E-state index in [2.05, 4.69) is 11.8 Å². The highest BCUT2D eigenvalue weighted by molar-refractivity contribution is 5.45. The minimum Gasteiger partial charge on any atom is -0.206 e. The topological polar surface area (TPSA) is 23.8 Å². The molecule has 0 radical (unpaired) electrons. The van der Waals surface area contributed by atoms with E-state index < -0.39 is 0 Å². The fourth-order valence-corrected chi connectivity index (χ4v) is 1.33. The molecule has 0 spiro atoms. The van der Waals surface area contributed by atoms with Crippen molar-refractivity contribution in [3.63, 3.8) is 0 Å². The summed E-state index contributed by atoms with van der Waals surface area (Å²) in [5, 5.41) is 8.64. The minimum absolute atomic E-state index is 0.325. The number of hydrogen-bond donors (Lipinski definition) is 0. The zero-order valence-corrected chi connectivity index (χ0v) is 8.94. The van der Waals surface area contributed by atoms with Gasteiger partial charge in [0.15, 0.2) is 0 Å². The second-order valence-corrected chi connectivity index (χ2v) is 3.42. The fraction of sp³-hybridized carbons (Fsp3) is 0. The third-order valence-electron chi connectivity index (χ3n) is 2.23. The molecule has 1 nitrogen and oxygen atoms in total. The highest BCUT2D eigenvalue weighted by Crippen LogP contribution is 2.05. The van der Waals surface area contributed by atoms with Gasteiger partial charge >= 0.3 is 0 Å². The molecule has 0 N–H and O–H groups in total. The van der Waals surface area contributed by atoms with Crippen molar-refractivity contribution >= 4 is 0 Å². The molecule has 0 saturated carbocycles. The van der Waals surface area contributed by atoms with Crippen LogP contribution in [-0.2, 0) is 0 Å². The monoisotopic (exact) mass is 221 g/mol. The van der Waals surface area contributed by atoms with Crippen LogP contribution in [0.4, 0.5) is 4.39 Å². The molecule has 0 heterocycles. The van der Waals surface area contributed by atoms with Crippen LogP contribution in [0.2, 0.25) is 0 Å². The molecule has 2 heteroatoms. The Morgan fingerprint density at radius 1 is 0.824 bits per heavy atom. The van der Waals surface area contributed by atoms with Crippen LogP contribution >= 0.6 is 0 Å². The molecule has 0 unspecified atom stereocenters. The highest BCUT2D eigenvalue weighted by atomic mass is 19.1. The van der Waals surface area contributed by atoms with E-state index in [9.17, 15) is 4.39 Å². The summed E-state index contributed by atoms with van der Waals surface area (Å²) in [6.07, 6.45) is 0. The zero-order valence-electron chi connectivity index (χ0n) is 8.94. The summed E-state index contributed by atoms with van der Waals surface area (Å²) in [5.74, 6) is 5.29. The molecule has 0 aliphatic carbocycles. The van der Waals surface area contributed by atoms with Crippen molar-refractivity contribution in [1.29, 1.82) is 5.26 Å². The summed E-state index contributed by atoms with van der Waals surface area (Å²) >= 11 is 0. The first-order valence-electron chi connectivity index (χ1n) is 5.06. The standard InChI is InChI=1S/C15H8FN/c16-15-4-2-1-3-14(15)10-9-12-5-7-13(11-17)8-6-12/h1-8H. The maximum absolute atomic E-state index is 13.3. The quantitative estimate of drug-likeness (QED) is 0.627. The van der Waals surface area contributed by atoms with Gasteiger partial charge in [0.1, 0.15) is 5.82 Å². The lowest BCUT2D eigenvalue weighted by atomic mass is 10.1. The highest BCUT2D eigenvalue weighted by Gasteiger charge is 1.95. The summed E-state index contributed by atoms with van der Waals surface area (Å²) in [5.41, 5.74) is 1.71. The van der Waals surface area contributed by atoms with Crippen molar-refractivity contribution in [3.05, 3.63) is 71.0 Å². The summed E-state index contributed by atoms with van der Waals surface area (Å²) in [6, 6.07) is 15.3. The average Bonchev–Trinajstić information content (AvgIpc) is 2.38. The molecule has 80 valence electrons. The second-order valence-electron chi connectivity index (χ2n) is 3.42. The molecule has 0 aromatic heterocycles. The van der Waals surface area contributed by atoms with Gasteiger partial charge in [0, 0.05) is 5.56 Å². The van der Waals surface area contributed by atoms with Crippen LogP contribution in [0.25, 0.3) is 0 Å². The average molecular weight is 221 g/mol. The lowest BCUT2D eigenvalue weighted by Gasteiger charge is -1.92. The first kappa shape index (κ1) is 10.9. The van der Waals surface area contributed by atoms with Gasteiger partial charge in [0.05, 0.1) is 17.2 Å². The number of rotatable bonds is 0. The lowest BCUT2D eigenvalue weighted by molar-refractivity contribution is 0.624. The smallest absolute Gasteiger partial charge is 0.138 e. The van der Waals surface area contributed by atoms with Crippen molar-refractivity contribution in [3.8, 4) is 17.9 Å². The lowest BCUT2D eigenvalue weighted by Crippen LogP contribution is -1.82. The molecule has 0 amide bonds. The van der Waals surface area contributed by atoms with Crippen LogP contribution in [0, 0.1) is 29.0 Å². The molecule has 2 aromatic carbocycles. The van der Waals surface area contributed by atoms with E-state index in [1.807, 2.05) is 6.07 Å². The predicted molar refractivity (Wildman–Crippen MR) is 63.5 cm³/mol. The van der Waals surface area contributed by atoms with Gasteiger partial charge in [-0.05, 0) is 36.4 Å². The molecular weight excluding hydrogens is 213 g/mol. The third kappa shape index (κ3) is 2.71. The predicted octanol–water partition coefficient (Wildman–Crippen LogP) is 3.10. The summed E-state index contributed by atoms with van der Waals surface area (Å²) in [6.45, 7) is 0. The molecular formula is C15H8FN. The maximum Gasteiger partial charge on any atom is 0.138 e. The number of benzene rings is 2. The van der Waals surface area contributed by atoms with Crippen molar-refractivity contribution in [2.75, 3.05) is 0 Å². The normalized spacial score (nSPS) is 8.94. The molecule has 2 rings (SSSR count). The Hall–Kier alpha value is -2.58. The van der Waals surface area contributed by atoms with Crippen molar-refractivity contribution in [2.45, 2.75) is 0 Å². The van der Waals surface area contributed by atoms with Crippen LogP contribution in [0.15, 0.2) is 48.5 Å². The van der Waals surface area contributed by atoms with Gasteiger partial charge in [-0.15, -0.1) is 0 Å². The maximum atomic E-state index is 13.3. The van der Waals surface area contributed by atoms with Gasteiger partial charge in [-0.1, -0.05) is 24.0 Å². The first-order chi connectivity index (χ1) is 8.29. The van der Waals surface area contributed by atoms with Gasteiger partial charge < -0.3 is 0 Å². The van der Waals surface area contributed by atoms with Crippen LogP contribution in [0.1, 0.15) is 16.7 Å². The van der Waals surface area contributed by atoms with Crippen molar-refractivity contribution in [1.82, 2.24) is 0 Å². The van der Waals surface area contributed by atoms with Gasteiger partial charge in [0.2, 0.25) is 0 Å². The van der Waals surface area contributed by atoms with E-state index in [0.29, 0.717) is 11.1 Å². The Kier molecular flexibility index (Phi) is 3.19. The van der Waals surface area contributed by atoms with Gasteiger partial charge in [-0.3, -0.25) is 0 Å². The second kappa shape index (κ2) is 4.96. The summed E-state index contributed by atoms with van der Waals surface area (Å²) in [7, 11) is 0. The third-order valence-corrected chi connectivity index (χ3v) is 2.23. The molecule has 2 aromatic rings. The van der Waals surface area contributed by atoms with Crippen LogP contribution < -0.4 is 0 Å². The molecule has 0 bridgehead atoms. The first-order valence-corrected chi connectivity index (χ1v) is 5.06. The largest absolute Gasteiger partial charge is 0.206 e. The van der Waals surface area contributed by atoms with E-state index in [-0.39, 0.29) is 5.82 Å². The van der Waals surface area contributed by atoms with E-state index in [0.717, 1.165) is 5.56 Å². The molecule has 0 aliphatic rings. The van der Waals surface area contributed by atoms with E-state index in [1.165, 1.54) is 6.07 Å².